The summed E-state index contributed by atoms with van der Waals surface area (Å²) in [6.45, 7) is 2.02. The zero-order chi connectivity index (χ0) is 19.0. The second-order valence-corrected chi connectivity index (χ2v) is 7.03. The van der Waals surface area contributed by atoms with Crippen LogP contribution in [0.3, 0.4) is 0 Å². The molecular weight excluding hydrogens is 362 g/mol. The van der Waals surface area contributed by atoms with Crippen molar-refractivity contribution in [3.63, 3.8) is 0 Å². The van der Waals surface area contributed by atoms with Gasteiger partial charge in [0.25, 0.3) is 5.56 Å². The van der Waals surface area contributed by atoms with Crippen LogP contribution in [0, 0.1) is 6.92 Å². The third-order valence-corrected chi connectivity index (χ3v) is 5.18. The van der Waals surface area contributed by atoms with E-state index in [0.29, 0.717) is 26.8 Å². The predicted molar refractivity (Wildman–Crippen MR) is 106 cm³/mol. The lowest BCUT2D eigenvalue weighted by molar-refractivity contribution is 0.393. The van der Waals surface area contributed by atoms with Crippen molar-refractivity contribution in [2.45, 2.75) is 6.92 Å². The van der Waals surface area contributed by atoms with Gasteiger partial charge >= 0.3 is 0 Å². The van der Waals surface area contributed by atoms with Crippen LogP contribution in [0.2, 0.25) is 0 Å². The lowest BCUT2D eigenvalue weighted by Gasteiger charge is -2.06. The zero-order valence-corrected chi connectivity index (χ0v) is 15.9. The molecular formula is C20H17N3O3S. The van der Waals surface area contributed by atoms with E-state index in [1.54, 1.807) is 26.4 Å². The Balaban J connectivity index is 1.79. The second kappa shape index (κ2) is 6.85. The van der Waals surface area contributed by atoms with Crippen LogP contribution in [-0.2, 0) is 0 Å². The Morgan fingerprint density at radius 1 is 1.07 bits per heavy atom. The van der Waals surface area contributed by atoms with Crippen LogP contribution in [0.5, 0.6) is 11.5 Å². The number of nitrogens with zero attached hydrogens (tertiary/aromatic N) is 3. The van der Waals surface area contributed by atoms with Gasteiger partial charge in [0.1, 0.15) is 11.5 Å². The Hall–Kier alpha value is -3.19. The summed E-state index contributed by atoms with van der Waals surface area (Å²) in [6.07, 6.45) is 1.78. The van der Waals surface area contributed by atoms with Crippen molar-refractivity contribution >= 4 is 22.4 Å². The Morgan fingerprint density at radius 3 is 2.52 bits per heavy atom. The van der Waals surface area contributed by atoms with E-state index in [1.165, 1.54) is 15.9 Å². The fourth-order valence-corrected chi connectivity index (χ4v) is 3.64. The average molecular weight is 379 g/mol. The monoisotopic (exact) mass is 379 g/mol. The van der Waals surface area contributed by atoms with Gasteiger partial charge in [0, 0.05) is 17.2 Å². The SMILES string of the molecule is COc1ccc(/C=c2\sc3nc(-c4ccc(C)cc4)nn3c2=O)c(OC)c1. The standard InChI is InChI=1S/C20H17N3O3S/c1-12-4-6-13(7-5-12)18-21-20-23(22-18)19(24)17(27-20)10-14-8-9-15(25-2)11-16(14)26-3/h4-11H,1-3H3/b17-10-. The summed E-state index contributed by atoms with van der Waals surface area (Å²) in [7, 11) is 3.18. The van der Waals surface area contributed by atoms with E-state index in [1.807, 2.05) is 43.3 Å². The first-order chi connectivity index (χ1) is 13.1. The quantitative estimate of drug-likeness (QED) is 0.545. The third kappa shape index (κ3) is 3.17. The molecule has 0 spiro atoms. The molecule has 136 valence electrons. The van der Waals surface area contributed by atoms with Gasteiger partial charge in [0.2, 0.25) is 4.96 Å². The number of aryl methyl sites for hydroxylation is 1. The van der Waals surface area contributed by atoms with Crippen molar-refractivity contribution < 1.29 is 9.47 Å². The Labute approximate surface area is 159 Å². The third-order valence-electron chi connectivity index (χ3n) is 4.22. The number of benzene rings is 2. The van der Waals surface area contributed by atoms with Crippen molar-refractivity contribution in [1.82, 2.24) is 14.6 Å². The molecule has 7 heteroatoms. The number of hydrogen-bond acceptors (Lipinski definition) is 6. The van der Waals surface area contributed by atoms with Gasteiger partial charge in [-0.15, -0.1) is 5.10 Å². The molecule has 2 aromatic carbocycles. The van der Waals surface area contributed by atoms with Crippen LogP contribution in [0.1, 0.15) is 11.1 Å². The van der Waals surface area contributed by atoms with Crippen molar-refractivity contribution in [3.05, 3.63) is 68.5 Å². The number of aromatic nitrogens is 3. The molecule has 6 nitrogen and oxygen atoms in total. The van der Waals surface area contributed by atoms with Crippen molar-refractivity contribution in [2.75, 3.05) is 14.2 Å². The van der Waals surface area contributed by atoms with Crippen molar-refractivity contribution in [3.8, 4) is 22.9 Å². The Bertz CT molecular complexity index is 1230. The fraction of sp³-hybridized carbons (Fsp3) is 0.150. The number of fused-ring (bicyclic) bond motifs is 1. The molecule has 0 aliphatic heterocycles. The van der Waals surface area contributed by atoms with E-state index in [4.69, 9.17) is 9.47 Å². The smallest absolute Gasteiger partial charge is 0.291 e. The van der Waals surface area contributed by atoms with E-state index >= 15 is 0 Å². The maximum absolute atomic E-state index is 12.7. The zero-order valence-electron chi connectivity index (χ0n) is 15.1. The van der Waals surface area contributed by atoms with Gasteiger partial charge in [-0.2, -0.15) is 9.50 Å². The molecule has 0 unspecified atom stereocenters. The molecule has 0 N–H and O–H groups in total. The summed E-state index contributed by atoms with van der Waals surface area (Å²) in [5.41, 5.74) is 2.64. The van der Waals surface area contributed by atoms with E-state index in [0.717, 1.165) is 16.7 Å². The molecule has 0 fully saturated rings. The van der Waals surface area contributed by atoms with Crippen LogP contribution in [0.25, 0.3) is 22.4 Å². The maximum Gasteiger partial charge on any atom is 0.291 e. The van der Waals surface area contributed by atoms with Gasteiger partial charge in [0.05, 0.1) is 18.8 Å². The number of hydrogen-bond donors (Lipinski definition) is 0. The minimum absolute atomic E-state index is 0.196. The molecule has 0 radical (unpaired) electrons. The molecule has 4 aromatic rings. The molecule has 2 heterocycles. The number of thiazole rings is 1. The van der Waals surface area contributed by atoms with E-state index in [9.17, 15) is 4.79 Å². The average Bonchev–Trinajstić information content (AvgIpc) is 3.22. The molecule has 0 atom stereocenters. The summed E-state index contributed by atoms with van der Waals surface area (Å²) in [5, 5.41) is 4.38. The summed E-state index contributed by atoms with van der Waals surface area (Å²) in [6, 6.07) is 13.4. The predicted octanol–water partition coefficient (Wildman–Crippen LogP) is 2.69. The van der Waals surface area contributed by atoms with Crippen LogP contribution < -0.4 is 19.6 Å². The highest BCUT2D eigenvalue weighted by Crippen LogP contribution is 2.25. The minimum atomic E-state index is -0.196. The number of ether oxygens (including phenoxy) is 2. The van der Waals surface area contributed by atoms with Gasteiger partial charge < -0.3 is 9.47 Å². The molecule has 0 saturated carbocycles. The van der Waals surface area contributed by atoms with Gasteiger partial charge in [-0.1, -0.05) is 41.2 Å². The van der Waals surface area contributed by atoms with Gasteiger partial charge in [0.15, 0.2) is 5.82 Å². The molecule has 0 amide bonds. The van der Waals surface area contributed by atoms with Gasteiger partial charge in [-0.3, -0.25) is 4.79 Å². The number of methoxy groups -OCH3 is 2. The molecule has 0 aliphatic rings. The first kappa shape index (κ1) is 17.2. The normalized spacial score (nSPS) is 11.9. The largest absolute Gasteiger partial charge is 0.497 e. The number of rotatable bonds is 4. The fourth-order valence-electron chi connectivity index (χ4n) is 2.74. The van der Waals surface area contributed by atoms with E-state index < -0.39 is 0 Å². The minimum Gasteiger partial charge on any atom is -0.497 e. The molecule has 0 saturated heterocycles. The molecule has 0 bridgehead atoms. The topological polar surface area (TPSA) is 65.7 Å². The summed E-state index contributed by atoms with van der Waals surface area (Å²) < 4.78 is 12.5. The summed E-state index contributed by atoms with van der Waals surface area (Å²) >= 11 is 1.30. The van der Waals surface area contributed by atoms with Gasteiger partial charge in [-0.05, 0) is 25.1 Å². The summed E-state index contributed by atoms with van der Waals surface area (Å²) in [5.74, 6) is 1.87. The summed E-state index contributed by atoms with van der Waals surface area (Å²) in [4.78, 5) is 17.8. The molecule has 0 aliphatic carbocycles. The van der Waals surface area contributed by atoms with Crippen molar-refractivity contribution in [1.29, 1.82) is 0 Å². The first-order valence-electron chi connectivity index (χ1n) is 8.29. The maximum atomic E-state index is 12.7. The molecule has 4 rings (SSSR count). The highest BCUT2D eigenvalue weighted by molar-refractivity contribution is 7.15. The van der Waals surface area contributed by atoms with Crippen LogP contribution >= 0.6 is 11.3 Å². The van der Waals surface area contributed by atoms with E-state index in [-0.39, 0.29) is 5.56 Å². The lowest BCUT2D eigenvalue weighted by Crippen LogP contribution is -2.23. The van der Waals surface area contributed by atoms with Gasteiger partial charge in [-0.25, -0.2) is 0 Å². The Kier molecular flexibility index (Phi) is 4.37. The van der Waals surface area contributed by atoms with Crippen LogP contribution in [0.4, 0.5) is 0 Å². The molecule has 27 heavy (non-hydrogen) atoms. The first-order valence-corrected chi connectivity index (χ1v) is 9.11. The Morgan fingerprint density at radius 2 is 1.85 bits per heavy atom. The lowest BCUT2D eigenvalue weighted by atomic mass is 10.1. The van der Waals surface area contributed by atoms with Crippen LogP contribution in [-0.4, -0.2) is 28.8 Å². The second-order valence-electron chi connectivity index (χ2n) is 6.02. The highest BCUT2D eigenvalue weighted by atomic mass is 32.1. The highest BCUT2D eigenvalue weighted by Gasteiger charge is 2.12. The van der Waals surface area contributed by atoms with Crippen molar-refractivity contribution in [2.24, 2.45) is 0 Å². The van der Waals surface area contributed by atoms with E-state index in [2.05, 4.69) is 10.1 Å². The molecule has 2 aromatic heterocycles. The van der Waals surface area contributed by atoms with Crippen LogP contribution in [0.15, 0.2) is 47.3 Å².